The fourth-order valence-corrected chi connectivity index (χ4v) is 5.22. The van der Waals surface area contributed by atoms with Gasteiger partial charge < -0.3 is 15.0 Å². The van der Waals surface area contributed by atoms with Crippen molar-refractivity contribution in [2.24, 2.45) is 5.92 Å². The first kappa shape index (κ1) is 28.0. The lowest BCUT2D eigenvalue weighted by Gasteiger charge is -2.52. The average Bonchev–Trinajstić information content (AvgIpc) is 2.89. The van der Waals surface area contributed by atoms with E-state index in [0.717, 1.165) is 50.4 Å². The number of carbonyl (C=O) groups excluding carboxylic acids is 2. The molecule has 196 valence electrons. The Labute approximate surface area is 221 Å². The molecule has 0 aliphatic carbocycles. The number of piperazine rings is 1. The maximum Gasteiger partial charge on any atom is 0.246 e. The van der Waals surface area contributed by atoms with E-state index >= 15 is 0 Å². The highest BCUT2D eigenvalue weighted by atomic mass is 35.5. The molecule has 2 fully saturated rings. The van der Waals surface area contributed by atoms with Gasteiger partial charge in [0.1, 0.15) is 23.1 Å². The number of carbonyl (C=O) groups is 2. The molecule has 2 aromatic carbocycles. The van der Waals surface area contributed by atoms with Crippen molar-refractivity contribution >= 4 is 24.2 Å². The van der Waals surface area contributed by atoms with Gasteiger partial charge in [0.2, 0.25) is 11.8 Å². The van der Waals surface area contributed by atoms with Crippen LogP contribution in [-0.4, -0.2) is 52.8 Å². The summed E-state index contributed by atoms with van der Waals surface area (Å²) in [6.07, 6.45) is 4.16. The summed E-state index contributed by atoms with van der Waals surface area (Å²) in [4.78, 5) is 31.2. The third kappa shape index (κ3) is 6.04. The maximum absolute atomic E-state index is 13.5. The van der Waals surface area contributed by atoms with E-state index in [4.69, 9.17) is 4.74 Å². The van der Waals surface area contributed by atoms with Gasteiger partial charge in [-0.1, -0.05) is 63.9 Å². The van der Waals surface area contributed by atoms with Gasteiger partial charge in [-0.3, -0.25) is 14.5 Å². The van der Waals surface area contributed by atoms with Crippen molar-refractivity contribution in [2.75, 3.05) is 19.6 Å². The molecular formula is C29H40ClN3O3. The molecule has 2 saturated heterocycles. The van der Waals surface area contributed by atoms with Crippen molar-refractivity contribution in [2.45, 2.75) is 71.0 Å². The number of nitrogens with one attached hydrogen (secondary N) is 1. The van der Waals surface area contributed by atoms with E-state index in [9.17, 15) is 9.59 Å². The second kappa shape index (κ2) is 12.6. The Hall–Kier alpha value is -2.57. The fourth-order valence-electron chi connectivity index (χ4n) is 5.22. The lowest BCUT2D eigenvalue weighted by molar-refractivity contribution is -0.162. The standard InChI is InChI=1S/C29H39N3O3.ClH/c1-4-6-18-32-27(33)26(22(3)5-2)30-28(34)29(32)16-19-31(20-17-29)21-23-12-14-25(15-13-23)35-24-10-8-7-9-11-24;/h7-15,22,26H,4-6,16-21H2,1-3H3,(H,30,34);1H/t22-,26-;/m0./s1. The van der Waals surface area contributed by atoms with Crippen LogP contribution in [0.3, 0.4) is 0 Å². The van der Waals surface area contributed by atoms with Crippen LogP contribution in [0.25, 0.3) is 0 Å². The lowest BCUT2D eigenvalue weighted by atomic mass is 9.80. The normalized spacial score (nSPS) is 20.5. The minimum atomic E-state index is -0.708. The van der Waals surface area contributed by atoms with Crippen LogP contribution >= 0.6 is 12.4 Å². The molecular weight excluding hydrogens is 474 g/mol. The number of piperidine rings is 1. The first-order valence-electron chi connectivity index (χ1n) is 13.1. The highest BCUT2D eigenvalue weighted by Gasteiger charge is 2.53. The summed E-state index contributed by atoms with van der Waals surface area (Å²) >= 11 is 0. The number of halogens is 1. The van der Waals surface area contributed by atoms with Crippen LogP contribution in [-0.2, 0) is 16.1 Å². The molecule has 2 aliphatic rings. The number of ether oxygens (including phenoxy) is 1. The van der Waals surface area contributed by atoms with Gasteiger partial charge in [0.15, 0.2) is 0 Å². The molecule has 0 saturated carbocycles. The molecule has 4 rings (SSSR count). The van der Waals surface area contributed by atoms with Gasteiger partial charge in [-0.2, -0.15) is 0 Å². The Balaban J connectivity index is 0.00000361. The summed E-state index contributed by atoms with van der Waals surface area (Å²) in [6.45, 7) is 9.33. The monoisotopic (exact) mass is 513 g/mol. The van der Waals surface area contributed by atoms with E-state index in [2.05, 4.69) is 43.1 Å². The minimum absolute atomic E-state index is 0. The molecule has 1 spiro atoms. The minimum Gasteiger partial charge on any atom is -0.457 e. The molecule has 6 nitrogen and oxygen atoms in total. The summed E-state index contributed by atoms with van der Waals surface area (Å²) < 4.78 is 5.90. The van der Waals surface area contributed by atoms with Crippen LogP contribution in [0.1, 0.15) is 58.4 Å². The first-order chi connectivity index (χ1) is 17.0. The van der Waals surface area contributed by atoms with Crippen molar-refractivity contribution in [1.82, 2.24) is 15.1 Å². The van der Waals surface area contributed by atoms with Crippen LogP contribution in [0.15, 0.2) is 54.6 Å². The predicted octanol–water partition coefficient (Wildman–Crippen LogP) is 5.41. The van der Waals surface area contributed by atoms with Crippen molar-refractivity contribution < 1.29 is 14.3 Å². The lowest BCUT2D eigenvalue weighted by Crippen LogP contribution is -2.73. The molecule has 36 heavy (non-hydrogen) atoms. The van der Waals surface area contributed by atoms with Crippen molar-refractivity contribution in [3.63, 3.8) is 0 Å². The molecule has 2 aromatic rings. The van der Waals surface area contributed by atoms with Crippen LogP contribution in [0.2, 0.25) is 0 Å². The van der Waals surface area contributed by atoms with Gasteiger partial charge in [0.05, 0.1) is 0 Å². The van der Waals surface area contributed by atoms with E-state index in [1.54, 1.807) is 0 Å². The third-order valence-electron chi connectivity index (χ3n) is 7.70. The Morgan fingerprint density at radius 1 is 1.00 bits per heavy atom. The summed E-state index contributed by atoms with van der Waals surface area (Å²) in [5.41, 5.74) is 0.505. The van der Waals surface area contributed by atoms with E-state index < -0.39 is 11.6 Å². The van der Waals surface area contributed by atoms with Crippen molar-refractivity contribution in [3.05, 3.63) is 60.2 Å². The quantitative estimate of drug-likeness (QED) is 0.487. The van der Waals surface area contributed by atoms with Gasteiger partial charge in [-0.25, -0.2) is 0 Å². The Kier molecular flexibility index (Phi) is 9.80. The second-order valence-corrected chi connectivity index (χ2v) is 10.0. The SMILES string of the molecule is CCCCN1C(=O)[C@H]([C@@H](C)CC)NC(=O)C12CCN(Cc1ccc(Oc3ccccc3)cc1)CC2.Cl. The topological polar surface area (TPSA) is 61.9 Å². The third-order valence-corrected chi connectivity index (χ3v) is 7.70. The molecule has 0 bridgehead atoms. The number of benzene rings is 2. The molecule has 2 heterocycles. The Morgan fingerprint density at radius 2 is 1.64 bits per heavy atom. The van der Waals surface area contributed by atoms with E-state index in [0.29, 0.717) is 19.4 Å². The van der Waals surface area contributed by atoms with Crippen LogP contribution < -0.4 is 10.1 Å². The van der Waals surface area contributed by atoms with Crippen LogP contribution in [0.5, 0.6) is 11.5 Å². The smallest absolute Gasteiger partial charge is 0.246 e. The van der Waals surface area contributed by atoms with Crippen LogP contribution in [0, 0.1) is 5.92 Å². The second-order valence-electron chi connectivity index (χ2n) is 10.0. The number of nitrogens with zero attached hydrogens (tertiary/aromatic N) is 2. The number of amides is 2. The zero-order chi connectivity index (χ0) is 24.8. The zero-order valence-electron chi connectivity index (χ0n) is 21.7. The molecule has 0 aromatic heterocycles. The molecule has 1 N–H and O–H groups in total. The summed E-state index contributed by atoms with van der Waals surface area (Å²) in [6, 6.07) is 17.6. The average molecular weight is 514 g/mol. The molecule has 0 radical (unpaired) electrons. The first-order valence-corrected chi connectivity index (χ1v) is 13.1. The van der Waals surface area contributed by atoms with Crippen molar-refractivity contribution in [3.8, 4) is 11.5 Å². The highest BCUT2D eigenvalue weighted by molar-refractivity contribution is 6.00. The van der Waals surface area contributed by atoms with Gasteiger partial charge in [-0.05, 0) is 55.0 Å². The van der Waals surface area contributed by atoms with E-state index in [1.165, 1.54) is 5.56 Å². The maximum atomic E-state index is 13.5. The van der Waals surface area contributed by atoms with Crippen LogP contribution in [0.4, 0.5) is 0 Å². The summed E-state index contributed by atoms with van der Waals surface area (Å²) in [7, 11) is 0. The largest absolute Gasteiger partial charge is 0.457 e. The van der Waals surface area contributed by atoms with Crippen molar-refractivity contribution in [1.29, 1.82) is 0 Å². The van der Waals surface area contributed by atoms with Gasteiger partial charge in [0, 0.05) is 26.2 Å². The Bertz CT molecular complexity index is 991. The summed E-state index contributed by atoms with van der Waals surface area (Å²) in [5, 5.41) is 3.11. The predicted molar refractivity (Wildman–Crippen MR) is 145 cm³/mol. The number of hydrogen-bond donors (Lipinski definition) is 1. The Morgan fingerprint density at radius 3 is 2.25 bits per heavy atom. The van der Waals surface area contributed by atoms with Gasteiger partial charge >= 0.3 is 0 Å². The van der Waals surface area contributed by atoms with E-state index in [-0.39, 0.29) is 30.1 Å². The fraction of sp³-hybridized carbons (Fsp3) is 0.517. The van der Waals surface area contributed by atoms with Gasteiger partial charge in [0.25, 0.3) is 0 Å². The molecule has 2 amide bonds. The zero-order valence-corrected chi connectivity index (χ0v) is 22.6. The highest BCUT2D eigenvalue weighted by Crippen LogP contribution is 2.35. The molecule has 2 aliphatic heterocycles. The van der Waals surface area contributed by atoms with E-state index in [1.807, 2.05) is 47.4 Å². The molecule has 7 heteroatoms. The number of unbranched alkanes of at least 4 members (excludes halogenated alkanes) is 1. The number of likely N-dealkylation sites (tertiary alicyclic amines) is 1. The van der Waals surface area contributed by atoms with Gasteiger partial charge in [-0.15, -0.1) is 12.4 Å². The molecule has 2 atom stereocenters. The number of para-hydroxylation sites is 1. The number of hydrogen-bond acceptors (Lipinski definition) is 4. The molecule has 0 unspecified atom stereocenters. The summed E-state index contributed by atoms with van der Waals surface area (Å²) in [5.74, 6) is 1.93. The number of rotatable bonds is 9.